The first-order valence-corrected chi connectivity index (χ1v) is 5.80. The molecule has 1 saturated carbocycles. The molecule has 92 valence electrons. The van der Waals surface area contributed by atoms with Crippen LogP contribution in [0.25, 0.3) is 0 Å². The number of amides is 2. The van der Waals surface area contributed by atoms with Gasteiger partial charge in [-0.15, -0.1) is 0 Å². The molecule has 2 amide bonds. The first kappa shape index (κ1) is 13.0. The van der Waals surface area contributed by atoms with Crippen LogP contribution in [-0.4, -0.2) is 49.9 Å². The van der Waals surface area contributed by atoms with Crippen molar-refractivity contribution in [1.29, 1.82) is 0 Å². The number of nitrogens with one attached hydrogen (secondary N) is 2. The molecule has 0 bridgehead atoms. The van der Waals surface area contributed by atoms with Gasteiger partial charge in [0.25, 0.3) is 0 Å². The van der Waals surface area contributed by atoms with E-state index in [2.05, 4.69) is 10.6 Å². The molecule has 0 spiro atoms. The third-order valence-electron chi connectivity index (χ3n) is 2.84. The van der Waals surface area contributed by atoms with E-state index < -0.39 is 0 Å². The molecule has 16 heavy (non-hydrogen) atoms. The summed E-state index contributed by atoms with van der Waals surface area (Å²) in [6, 6.07) is 0.482. The van der Waals surface area contributed by atoms with E-state index in [0.717, 1.165) is 12.8 Å². The van der Waals surface area contributed by atoms with Crippen LogP contribution in [0.1, 0.15) is 25.7 Å². The number of rotatable bonds is 5. The van der Waals surface area contributed by atoms with Crippen LogP contribution in [0, 0.1) is 0 Å². The number of carbonyl (C=O) groups excluding carboxylic acids is 2. The third-order valence-corrected chi connectivity index (χ3v) is 2.84. The Morgan fingerprint density at radius 2 is 1.81 bits per heavy atom. The van der Waals surface area contributed by atoms with Crippen LogP contribution < -0.4 is 10.6 Å². The third kappa shape index (κ3) is 4.61. The van der Waals surface area contributed by atoms with Crippen molar-refractivity contribution >= 4 is 11.8 Å². The highest BCUT2D eigenvalue weighted by Gasteiger charge is 2.15. The van der Waals surface area contributed by atoms with Gasteiger partial charge in [0.15, 0.2) is 0 Å². The molecule has 0 aromatic heterocycles. The summed E-state index contributed by atoms with van der Waals surface area (Å²) in [5, 5.41) is 5.79. The first-order valence-electron chi connectivity index (χ1n) is 5.80. The summed E-state index contributed by atoms with van der Waals surface area (Å²) in [4.78, 5) is 24.0. The Morgan fingerprint density at radius 1 is 1.19 bits per heavy atom. The second-order valence-corrected chi connectivity index (χ2v) is 4.43. The molecule has 0 heterocycles. The van der Waals surface area contributed by atoms with Gasteiger partial charge in [0, 0.05) is 20.1 Å². The minimum Gasteiger partial charge on any atom is -0.347 e. The summed E-state index contributed by atoms with van der Waals surface area (Å²) >= 11 is 0. The molecule has 1 aliphatic rings. The van der Waals surface area contributed by atoms with E-state index in [0.29, 0.717) is 12.6 Å². The molecule has 0 radical (unpaired) electrons. The minimum atomic E-state index is -0.109. The molecule has 1 fully saturated rings. The van der Waals surface area contributed by atoms with E-state index in [9.17, 15) is 9.59 Å². The zero-order valence-electron chi connectivity index (χ0n) is 10.1. The standard InChI is InChI=1S/C11H21N3O2/c1-14(2)11(16)8-13-10(15)7-12-9-5-3-4-6-9/h9,12H,3-8H2,1-2H3,(H,13,15). The summed E-state index contributed by atoms with van der Waals surface area (Å²) in [5.74, 6) is -0.198. The van der Waals surface area contributed by atoms with E-state index in [1.54, 1.807) is 14.1 Å². The van der Waals surface area contributed by atoms with Crippen molar-refractivity contribution in [2.45, 2.75) is 31.7 Å². The lowest BCUT2D eigenvalue weighted by Crippen LogP contribution is -2.42. The first-order chi connectivity index (χ1) is 7.59. The van der Waals surface area contributed by atoms with Crippen molar-refractivity contribution in [2.24, 2.45) is 0 Å². The molecule has 0 aromatic carbocycles. The van der Waals surface area contributed by atoms with Gasteiger partial charge < -0.3 is 15.5 Å². The van der Waals surface area contributed by atoms with Crippen LogP contribution in [0.2, 0.25) is 0 Å². The largest absolute Gasteiger partial charge is 0.347 e. The van der Waals surface area contributed by atoms with Gasteiger partial charge in [0.05, 0.1) is 13.1 Å². The quantitative estimate of drug-likeness (QED) is 0.679. The van der Waals surface area contributed by atoms with Gasteiger partial charge in [-0.1, -0.05) is 12.8 Å². The van der Waals surface area contributed by atoms with Gasteiger partial charge in [-0.05, 0) is 12.8 Å². The van der Waals surface area contributed by atoms with Crippen molar-refractivity contribution in [2.75, 3.05) is 27.2 Å². The number of hydrogen-bond acceptors (Lipinski definition) is 3. The highest BCUT2D eigenvalue weighted by atomic mass is 16.2. The zero-order chi connectivity index (χ0) is 12.0. The number of carbonyl (C=O) groups is 2. The van der Waals surface area contributed by atoms with Crippen molar-refractivity contribution in [3.05, 3.63) is 0 Å². The predicted octanol–water partition coefficient (Wildman–Crippen LogP) is -0.277. The number of likely N-dealkylation sites (N-methyl/N-ethyl adjacent to an activating group) is 1. The van der Waals surface area contributed by atoms with E-state index in [1.165, 1.54) is 17.7 Å². The molecule has 0 saturated heterocycles. The normalized spacial score (nSPS) is 16.1. The zero-order valence-corrected chi connectivity index (χ0v) is 10.1. The molecule has 2 N–H and O–H groups in total. The van der Waals surface area contributed by atoms with Crippen LogP contribution in [0.5, 0.6) is 0 Å². The van der Waals surface area contributed by atoms with Crippen LogP contribution in [-0.2, 0) is 9.59 Å². The maximum Gasteiger partial charge on any atom is 0.241 e. The van der Waals surface area contributed by atoms with Crippen LogP contribution >= 0.6 is 0 Å². The molecule has 0 atom stereocenters. The average Bonchev–Trinajstić information content (AvgIpc) is 2.75. The fourth-order valence-electron chi connectivity index (χ4n) is 1.76. The fourth-order valence-corrected chi connectivity index (χ4v) is 1.76. The summed E-state index contributed by atoms with van der Waals surface area (Å²) in [6.45, 7) is 0.392. The van der Waals surface area contributed by atoms with Gasteiger partial charge in [-0.25, -0.2) is 0 Å². The topological polar surface area (TPSA) is 61.4 Å². The van der Waals surface area contributed by atoms with Crippen molar-refractivity contribution in [1.82, 2.24) is 15.5 Å². The lowest BCUT2D eigenvalue weighted by Gasteiger charge is -2.13. The van der Waals surface area contributed by atoms with Crippen molar-refractivity contribution in [3.8, 4) is 0 Å². The summed E-state index contributed by atoms with van der Waals surface area (Å²) in [5.41, 5.74) is 0. The monoisotopic (exact) mass is 227 g/mol. The summed E-state index contributed by atoms with van der Waals surface area (Å²) < 4.78 is 0. The molecule has 0 unspecified atom stereocenters. The Labute approximate surface area is 96.6 Å². The van der Waals surface area contributed by atoms with E-state index in [1.807, 2.05) is 0 Å². The van der Waals surface area contributed by atoms with Gasteiger partial charge in [-0.3, -0.25) is 9.59 Å². The maximum absolute atomic E-state index is 11.4. The highest BCUT2D eigenvalue weighted by Crippen LogP contribution is 2.16. The molecular weight excluding hydrogens is 206 g/mol. The summed E-state index contributed by atoms with van der Waals surface area (Å²) in [7, 11) is 3.34. The second kappa shape index (κ2) is 6.48. The smallest absolute Gasteiger partial charge is 0.241 e. The molecule has 5 nitrogen and oxygen atoms in total. The molecule has 5 heteroatoms. The fraction of sp³-hybridized carbons (Fsp3) is 0.818. The van der Waals surface area contributed by atoms with Crippen LogP contribution in [0.15, 0.2) is 0 Å². The summed E-state index contributed by atoms with van der Waals surface area (Å²) in [6.07, 6.45) is 4.81. The maximum atomic E-state index is 11.4. The lowest BCUT2D eigenvalue weighted by molar-refractivity contribution is -0.130. The Kier molecular flexibility index (Phi) is 5.25. The Morgan fingerprint density at radius 3 is 2.38 bits per heavy atom. The van der Waals surface area contributed by atoms with E-state index >= 15 is 0 Å². The Balaban J connectivity index is 2.08. The Hall–Kier alpha value is -1.10. The van der Waals surface area contributed by atoms with Gasteiger partial charge >= 0.3 is 0 Å². The van der Waals surface area contributed by atoms with Crippen LogP contribution in [0.4, 0.5) is 0 Å². The van der Waals surface area contributed by atoms with Crippen molar-refractivity contribution < 1.29 is 9.59 Å². The minimum absolute atomic E-state index is 0.0815. The molecule has 0 aliphatic heterocycles. The molecule has 0 aromatic rings. The van der Waals surface area contributed by atoms with E-state index in [4.69, 9.17) is 0 Å². The highest BCUT2D eigenvalue weighted by molar-refractivity contribution is 5.85. The lowest BCUT2D eigenvalue weighted by atomic mass is 10.2. The molecular formula is C11H21N3O2. The van der Waals surface area contributed by atoms with Crippen LogP contribution in [0.3, 0.4) is 0 Å². The molecule has 1 rings (SSSR count). The predicted molar refractivity (Wildman–Crippen MR) is 62.0 cm³/mol. The number of nitrogens with zero attached hydrogens (tertiary/aromatic N) is 1. The molecule has 1 aliphatic carbocycles. The van der Waals surface area contributed by atoms with Gasteiger partial charge in [0.2, 0.25) is 11.8 Å². The SMILES string of the molecule is CN(C)C(=O)CNC(=O)CNC1CCCC1. The average molecular weight is 227 g/mol. The second-order valence-electron chi connectivity index (χ2n) is 4.43. The van der Waals surface area contributed by atoms with E-state index in [-0.39, 0.29) is 18.4 Å². The van der Waals surface area contributed by atoms with Gasteiger partial charge in [0.1, 0.15) is 0 Å². The van der Waals surface area contributed by atoms with Crippen molar-refractivity contribution in [3.63, 3.8) is 0 Å². The van der Waals surface area contributed by atoms with Gasteiger partial charge in [-0.2, -0.15) is 0 Å². The Bertz CT molecular complexity index is 248. The number of hydrogen-bond donors (Lipinski definition) is 2.